The van der Waals surface area contributed by atoms with Gasteiger partial charge in [-0.2, -0.15) is 0 Å². The monoisotopic (exact) mass is 326 g/mol. The van der Waals surface area contributed by atoms with Crippen LogP contribution in [0.15, 0.2) is 42.7 Å². The van der Waals surface area contributed by atoms with E-state index in [1.807, 2.05) is 23.2 Å². The van der Waals surface area contributed by atoms with Crippen LogP contribution in [0, 0.1) is 0 Å². The Bertz CT molecular complexity index is 720. The summed E-state index contributed by atoms with van der Waals surface area (Å²) >= 11 is 1.71. The fraction of sp³-hybridized carbons (Fsp3) is 0.333. The lowest BCUT2D eigenvalue weighted by Gasteiger charge is -2.24. The Morgan fingerprint density at radius 3 is 3.17 bits per heavy atom. The molecule has 4 nitrogen and oxygen atoms in total. The molecule has 0 bridgehead atoms. The minimum atomic E-state index is 0.116. The van der Waals surface area contributed by atoms with Gasteiger partial charge in [0.25, 0.3) is 0 Å². The number of nitrogens with zero attached hydrogens (tertiary/aromatic N) is 2. The maximum atomic E-state index is 12.3. The van der Waals surface area contributed by atoms with Crippen LogP contribution in [0.2, 0.25) is 0 Å². The molecule has 1 aromatic carbocycles. The second kappa shape index (κ2) is 6.24. The Kier molecular flexibility index (Phi) is 3.95. The van der Waals surface area contributed by atoms with Crippen molar-refractivity contribution in [3.63, 3.8) is 0 Å². The Labute approximate surface area is 139 Å². The number of aromatic nitrogens is 1. The molecule has 1 aromatic heterocycles. The number of pyridine rings is 1. The van der Waals surface area contributed by atoms with Gasteiger partial charge in [-0.1, -0.05) is 12.1 Å². The average molecular weight is 326 g/mol. The summed E-state index contributed by atoms with van der Waals surface area (Å²) in [5, 5.41) is 0.116. The van der Waals surface area contributed by atoms with Crippen LogP contribution < -0.4 is 4.74 Å². The SMILES string of the molecule is O=C1CSC(c2ccc3c(c2)CCO3)N1CCc1cccnc1. The zero-order valence-electron chi connectivity index (χ0n) is 12.8. The summed E-state index contributed by atoms with van der Waals surface area (Å²) in [4.78, 5) is 18.4. The van der Waals surface area contributed by atoms with Gasteiger partial charge in [0.1, 0.15) is 11.1 Å². The predicted molar refractivity (Wildman–Crippen MR) is 90.5 cm³/mol. The molecule has 23 heavy (non-hydrogen) atoms. The van der Waals surface area contributed by atoms with Crippen molar-refractivity contribution in [2.45, 2.75) is 18.2 Å². The molecular formula is C18H18N2O2S. The molecule has 118 valence electrons. The molecule has 1 unspecified atom stereocenters. The first-order valence-corrected chi connectivity index (χ1v) is 8.92. The van der Waals surface area contributed by atoms with Crippen LogP contribution in [-0.4, -0.2) is 34.7 Å². The molecule has 1 atom stereocenters. The van der Waals surface area contributed by atoms with Crippen molar-refractivity contribution in [2.75, 3.05) is 18.9 Å². The maximum Gasteiger partial charge on any atom is 0.233 e. The molecular weight excluding hydrogens is 308 g/mol. The fourth-order valence-corrected chi connectivity index (χ4v) is 4.34. The Morgan fingerprint density at radius 2 is 2.30 bits per heavy atom. The molecule has 0 saturated carbocycles. The third kappa shape index (κ3) is 2.93. The smallest absolute Gasteiger partial charge is 0.233 e. The zero-order valence-corrected chi connectivity index (χ0v) is 13.6. The lowest BCUT2D eigenvalue weighted by Crippen LogP contribution is -2.30. The van der Waals surface area contributed by atoms with E-state index in [1.54, 1.807) is 18.0 Å². The van der Waals surface area contributed by atoms with Gasteiger partial charge in [-0.25, -0.2) is 0 Å². The van der Waals surface area contributed by atoms with Gasteiger partial charge in [-0.05, 0) is 41.3 Å². The van der Waals surface area contributed by atoms with Crippen molar-refractivity contribution in [1.29, 1.82) is 0 Å². The van der Waals surface area contributed by atoms with E-state index >= 15 is 0 Å². The van der Waals surface area contributed by atoms with Crippen molar-refractivity contribution in [3.05, 3.63) is 59.4 Å². The number of benzene rings is 1. The topological polar surface area (TPSA) is 42.4 Å². The number of carbonyl (C=O) groups is 1. The van der Waals surface area contributed by atoms with E-state index in [4.69, 9.17) is 4.74 Å². The maximum absolute atomic E-state index is 12.3. The summed E-state index contributed by atoms with van der Waals surface area (Å²) in [6, 6.07) is 10.3. The quantitative estimate of drug-likeness (QED) is 0.866. The van der Waals surface area contributed by atoms with E-state index in [1.165, 1.54) is 16.7 Å². The molecule has 1 fully saturated rings. The normalized spacial score (nSPS) is 19.7. The number of carbonyl (C=O) groups excluding carboxylic acids is 1. The molecule has 0 N–H and O–H groups in total. The molecule has 3 heterocycles. The highest BCUT2D eigenvalue weighted by molar-refractivity contribution is 8.00. The van der Waals surface area contributed by atoms with Gasteiger partial charge >= 0.3 is 0 Å². The Morgan fingerprint density at radius 1 is 1.35 bits per heavy atom. The fourth-order valence-electron chi connectivity index (χ4n) is 3.13. The van der Waals surface area contributed by atoms with E-state index in [9.17, 15) is 4.79 Å². The van der Waals surface area contributed by atoms with Crippen LogP contribution in [-0.2, 0) is 17.6 Å². The molecule has 2 aromatic rings. The van der Waals surface area contributed by atoms with Gasteiger partial charge in [0.15, 0.2) is 0 Å². The largest absolute Gasteiger partial charge is 0.493 e. The van der Waals surface area contributed by atoms with E-state index in [-0.39, 0.29) is 11.3 Å². The summed E-state index contributed by atoms with van der Waals surface area (Å²) < 4.78 is 5.58. The predicted octanol–water partition coefficient (Wildman–Crippen LogP) is 2.83. The Hall–Kier alpha value is -2.01. The molecule has 5 heteroatoms. The standard InChI is InChI=1S/C18H18N2O2S/c21-17-12-23-18(15-3-4-16-14(10-15)6-9-22-16)20(17)8-5-13-2-1-7-19-11-13/h1-4,7,10-11,18H,5-6,8-9,12H2. The zero-order chi connectivity index (χ0) is 15.6. The van der Waals surface area contributed by atoms with Crippen molar-refractivity contribution in [1.82, 2.24) is 9.88 Å². The number of amides is 1. The van der Waals surface area contributed by atoms with E-state index in [2.05, 4.69) is 23.2 Å². The van der Waals surface area contributed by atoms with Crippen LogP contribution in [0.5, 0.6) is 5.75 Å². The number of hydrogen-bond donors (Lipinski definition) is 0. The van der Waals surface area contributed by atoms with Crippen molar-refractivity contribution in [3.8, 4) is 5.75 Å². The molecule has 2 aliphatic heterocycles. The van der Waals surface area contributed by atoms with E-state index in [0.29, 0.717) is 5.75 Å². The first-order valence-electron chi connectivity index (χ1n) is 7.87. The summed E-state index contributed by atoms with van der Waals surface area (Å²) in [5.41, 5.74) is 3.63. The number of fused-ring (bicyclic) bond motifs is 1. The molecule has 2 aliphatic rings. The first-order chi connectivity index (χ1) is 11.3. The number of thioether (sulfide) groups is 1. The van der Waals surface area contributed by atoms with Crippen LogP contribution in [0.25, 0.3) is 0 Å². The van der Waals surface area contributed by atoms with Crippen molar-refractivity contribution in [2.24, 2.45) is 0 Å². The minimum absolute atomic E-state index is 0.116. The lowest BCUT2D eigenvalue weighted by molar-refractivity contribution is -0.128. The molecule has 0 spiro atoms. The van der Waals surface area contributed by atoms with Crippen molar-refractivity contribution < 1.29 is 9.53 Å². The van der Waals surface area contributed by atoms with Gasteiger partial charge in [-0.15, -0.1) is 11.8 Å². The van der Waals surface area contributed by atoms with Gasteiger partial charge in [0, 0.05) is 25.4 Å². The summed E-state index contributed by atoms with van der Waals surface area (Å²) in [5.74, 6) is 1.77. The molecule has 1 amide bonds. The highest BCUT2D eigenvalue weighted by Gasteiger charge is 2.33. The van der Waals surface area contributed by atoms with E-state index in [0.717, 1.165) is 31.7 Å². The number of ether oxygens (including phenoxy) is 1. The van der Waals surface area contributed by atoms with Gasteiger partial charge < -0.3 is 9.64 Å². The average Bonchev–Trinajstić information content (AvgIpc) is 3.19. The minimum Gasteiger partial charge on any atom is -0.493 e. The van der Waals surface area contributed by atoms with Crippen LogP contribution >= 0.6 is 11.8 Å². The van der Waals surface area contributed by atoms with Crippen molar-refractivity contribution >= 4 is 17.7 Å². The lowest BCUT2D eigenvalue weighted by atomic mass is 10.1. The summed E-state index contributed by atoms with van der Waals surface area (Å²) in [7, 11) is 0. The van der Waals surface area contributed by atoms with E-state index < -0.39 is 0 Å². The first kappa shape index (κ1) is 14.6. The van der Waals surface area contributed by atoms with Crippen LogP contribution in [0.3, 0.4) is 0 Å². The third-order valence-electron chi connectivity index (χ3n) is 4.33. The number of hydrogen-bond acceptors (Lipinski definition) is 4. The highest BCUT2D eigenvalue weighted by Crippen LogP contribution is 2.40. The molecule has 0 aliphatic carbocycles. The highest BCUT2D eigenvalue weighted by atomic mass is 32.2. The van der Waals surface area contributed by atoms with Crippen LogP contribution in [0.1, 0.15) is 22.1 Å². The molecule has 1 saturated heterocycles. The second-order valence-corrected chi connectivity index (χ2v) is 6.90. The third-order valence-corrected chi connectivity index (χ3v) is 5.59. The molecule has 0 radical (unpaired) electrons. The van der Waals surface area contributed by atoms with Gasteiger partial charge in [0.2, 0.25) is 5.91 Å². The number of rotatable bonds is 4. The van der Waals surface area contributed by atoms with Gasteiger partial charge in [-0.3, -0.25) is 9.78 Å². The van der Waals surface area contributed by atoms with Gasteiger partial charge in [0.05, 0.1) is 12.4 Å². The molecule has 4 rings (SSSR count). The summed E-state index contributed by atoms with van der Waals surface area (Å²) in [6.07, 6.45) is 5.44. The Balaban J connectivity index is 1.52. The van der Waals surface area contributed by atoms with Crippen LogP contribution in [0.4, 0.5) is 0 Å². The summed E-state index contributed by atoms with van der Waals surface area (Å²) in [6.45, 7) is 1.50. The second-order valence-electron chi connectivity index (χ2n) is 5.83.